The summed E-state index contributed by atoms with van der Waals surface area (Å²) in [5.41, 5.74) is 5.52. The van der Waals surface area contributed by atoms with Gasteiger partial charge in [0.2, 0.25) is 0 Å². The van der Waals surface area contributed by atoms with Crippen LogP contribution in [0.4, 0.5) is 10.5 Å². The Kier molecular flexibility index (Phi) is 5.91. The summed E-state index contributed by atoms with van der Waals surface area (Å²) in [5, 5.41) is -0.260. The Morgan fingerprint density at radius 2 is 1.78 bits per heavy atom. The van der Waals surface area contributed by atoms with Crippen molar-refractivity contribution in [2.24, 2.45) is 0 Å². The highest BCUT2D eigenvalue weighted by molar-refractivity contribution is 8.18. The molecule has 0 saturated carbocycles. The molecule has 1 saturated heterocycles. The van der Waals surface area contributed by atoms with Gasteiger partial charge in [-0.3, -0.25) is 14.5 Å². The largest absolute Gasteiger partial charge is 0.492 e. The number of allylic oxidation sites excluding steroid dienone is 1. The molecule has 2 aliphatic rings. The smallest absolute Gasteiger partial charge is 0.293 e. The van der Waals surface area contributed by atoms with Gasteiger partial charge in [0.25, 0.3) is 11.1 Å². The van der Waals surface area contributed by atoms with Crippen LogP contribution in [-0.4, -0.2) is 41.8 Å². The van der Waals surface area contributed by atoms with Crippen LogP contribution in [0.5, 0.6) is 5.75 Å². The van der Waals surface area contributed by atoms with Crippen LogP contribution in [0.3, 0.4) is 0 Å². The molecule has 0 bridgehead atoms. The van der Waals surface area contributed by atoms with Gasteiger partial charge in [-0.15, -0.1) is 0 Å². The Labute approximate surface area is 193 Å². The number of nitrogens with zero attached hydrogens (tertiary/aromatic N) is 2. The van der Waals surface area contributed by atoms with Crippen molar-refractivity contribution in [3.8, 4) is 5.75 Å². The number of hydrogen-bond acceptors (Lipinski definition) is 5. The molecule has 0 radical (unpaired) electrons. The van der Waals surface area contributed by atoms with Crippen molar-refractivity contribution in [3.63, 3.8) is 0 Å². The minimum Gasteiger partial charge on any atom is -0.492 e. The second kappa shape index (κ2) is 8.51. The van der Waals surface area contributed by atoms with Crippen molar-refractivity contribution in [2.45, 2.75) is 33.2 Å². The van der Waals surface area contributed by atoms with Crippen molar-refractivity contribution in [1.29, 1.82) is 0 Å². The minimum atomic E-state index is -0.268. The molecule has 2 aromatic rings. The number of ether oxygens (including phenoxy) is 1. The Balaban J connectivity index is 1.47. The van der Waals surface area contributed by atoms with Gasteiger partial charge in [-0.2, -0.15) is 0 Å². The number of benzene rings is 2. The van der Waals surface area contributed by atoms with Crippen molar-refractivity contribution >= 4 is 40.2 Å². The van der Waals surface area contributed by atoms with E-state index in [1.165, 1.54) is 10.5 Å². The van der Waals surface area contributed by atoms with Gasteiger partial charge in [-0.1, -0.05) is 29.8 Å². The molecule has 2 heterocycles. The molecule has 0 unspecified atom stereocenters. The number of thioether (sulfide) groups is 1. The van der Waals surface area contributed by atoms with E-state index >= 15 is 0 Å². The fourth-order valence-electron chi connectivity index (χ4n) is 4.00. The van der Waals surface area contributed by atoms with Crippen LogP contribution in [0.15, 0.2) is 53.4 Å². The lowest BCUT2D eigenvalue weighted by Gasteiger charge is -2.40. The first-order chi connectivity index (χ1) is 15.2. The van der Waals surface area contributed by atoms with Crippen LogP contribution in [0.2, 0.25) is 0 Å². The molecule has 2 amide bonds. The first-order valence-corrected chi connectivity index (χ1v) is 11.5. The monoisotopic (exact) mass is 448 g/mol. The van der Waals surface area contributed by atoms with E-state index in [9.17, 15) is 9.59 Å². The highest BCUT2D eigenvalue weighted by atomic mass is 32.2. The minimum absolute atomic E-state index is 0.0537. The Bertz CT molecular complexity index is 1130. The van der Waals surface area contributed by atoms with Gasteiger partial charge in [-0.05, 0) is 80.9 Å². The number of carbonyl (C=O) groups excluding carboxylic acids is 2. The summed E-state index contributed by atoms with van der Waals surface area (Å²) in [6.45, 7) is 8.98. The van der Waals surface area contributed by atoms with Crippen LogP contribution < -0.4 is 9.64 Å². The third kappa shape index (κ3) is 4.32. The zero-order valence-electron chi connectivity index (χ0n) is 19.1. The molecule has 5 nitrogen and oxygen atoms in total. The number of hydrogen-bond donors (Lipinski definition) is 0. The first kappa shape index (κ1) is 22.2. The van der Waals surface area contributed by atoms with Gasteiger partial charge in [-0.25, -0.2) is 0 Å². The SMILES string of the molecule is CC1=CC(C)(C)N(C)c2ccc(/C=C3/SC(=O)N(CCOc4ccc(C)cc4)C3=O)cc21. The van der Waals surface area contributed by atoms with E-state index in [0.717, 1.165) is 39.9 Å². The number of fused-ring (bicyclic) bond motifs is 1. The number of anilines is 1. The van der Waals surface area contributed by atoms with Crippen molar-refractivity contribution in [1.82, 2.24) is 4.90 Å². The van der Waals surface area contributed by atoms with Crippen molar-refractivity contribution in [3.05, 3.63) is 70.1 Å². The lowest BCUT2D eigenvalue weighted by Crippen LogP contribution is -2.42. The van der Waals surface area contributed by atoms with E-state index in [0.29, 0.717) is 4.91 Å². The summed E-state index contributed by atoms with van der Waals surface area (Å²) in [6, 6.07) is 13.9. The zero-order chi connectivity index (χ0) is 23.0. The molecule has 0 N–H and O–H groups in total. The molecule has 2 aromatic carbocycles. The average Bonchev–Trinajstić information content (AvgIpc) is 3.00. The maximum Gasteiger partial charge on any atom is 0.293 e. The quantitative estimate of drug-likeness (QED) is 0.546. The van der Waals surface area contributed by atoms with Gasteiger partial charge in [0.05, 0.1) is 17.0 Å². The van der Waals surface area contributed by atoms with Crippen LogP contribution in [-0.2, 0) is 4.79 Å². The molecule has 32 heavy (non-hydrogen) atoms. The van der Waals surface area contributed by atoms with E-state index in [4.69, 9.17) is 4.74 Å². The number of aryl methyl sites for hydroxylation is 1. The Hall–Kier alpha value is -2.99. The number of likely N-dealkylation sites (N-methyl/N-ethyl adjacent to an activating group) is 1. The highest BCUT2D eigenvalue weighted by Crippen LogP contribution is 2.39. The van der Waals surface area contributed by atoms with Crippen LogP contribution in [0.25, 0.3) is 11.6 Å². The summed E-state index contributed by atoms with van der Waals surface area (Å²) >= 11 is 0.981. The number of rotatable bonds is 5. The molecule has 0 atom stereocenters. The van der Waals surface area contributed by atoms with Gasteiger partial charge >= 0.3 is 0 Å². The molecule has 4 rings (SSSR count). The van der Waals surface area contributed by atoms with E-state index in [1.54, 1.807) is 6.08 Å². The summed E-state index contributed by atoms with van der Waals surface area (Å²) in [5.74, 6) is 0.458. The maximum absolute atomic E-state index is 12.8. The molecule has 166 valence electrons. The molecule has 0 spiro atoms. The standard InChI is InChI=1S/C26H28N2O3S/c1-17-6-9-20(10-7-17)31-13-12-28-24(29)23(32-25(28)30)15-19-8-11-22-21(14-19)18(2)16-26(3,4)27(22)5/h6-11,14-16H,12-13H2,1-5H3/b23-15+. The highest BCUT2D eigenvalue weighted by Gasteiger charge is 2.35. The van der Waals surface area contributed by atoms with E-state index in [-0.39, 0.29) is 29.8 Å². The molecular formula is C26H28N2O3S. The maximum atomic E-state index is 12.8. The lowest BCUT2D eigenvalue weighted by molar-refractivity contribution is -0.123. The second-order valence-electron chi connectivity index (χ2n) is 8.81. The number of imide groups is 1. The fraction of sp³-hybridized carbons (Fsp3) is 0.308. The summed E-state index contributed by atoms with van der Waals surface area (Å²) in [7, 11) is 2.09. The van der Waals surface area contributed by atoms with Crippen LogP contribution >= 0.6 is 11.8 Å². The number of carbonyl (C=O) groups is 2. The topological polar surface area (TPSA) is 49.9 Å². The van der Waals surface area contributed by atoms with Gasteiger partial charge in [0.1, 0.15) is 12.4 Å². The third-order valence-electron chi connectivity index (χ3n) is 6.02. The Morgan fingerprint density at radius 1 is 1.06 bits per heavy atom. The van der Waals surface area contributed by atoms with E-state index < -0.39 is 0 Å². The van der Waals surface area contributed by atoms with Crippen LogP contribution in [0.1, 0.15) is 37.5 Å². The van der Waals surface area contributed by atoms with Gasteiger partial charge in [0.15, 0.2) is 0 Å². The average molecular weight is 449 g/mol. The fourth-order valence-corrected chi connectivity index (χ4v) is 4.87. The van der Waals surface area contributed by atoms with Gasteiger partial charge < -0.3 is 9.64 Å². The first-order valence-electron chi connectivity index (χ1n) is 10.7. The molecule has 2 aliphatic heterocycles. The van der Waals surface area contributed by atoms with E-state index in [1.807, 2.05) is 37.3 Å². The predicted octanol–water partition coefficient (Wildman–Crippen LogP) is 5.74. The second-order valence-corrected chi connectivity index (χ2v) is 9.80. The van der Waals surface area contributed by atoms with Crippen molar-refractivity contribution in [2.75, 3.05) is 25.1 Å². The zero-order valence-corrected chi connectivity index (χ0v) is 20.0. The Morgan fingerprint density at radius 3 is 2.50 bits per heavy atom. The van der Waals surface area contributed by atoms with Gasteiger partial charge in [0, 0.05) is 18.3 Å². The summed E-state index contributed by atoms with van der Waals surface area (Å²) in [4.78, 5) is 29.2. The van der Waals surface area contributed by atoms with Crippen molar-refractivity contribution < 1.29 is 14.3 Å². The molecule has 0 aromatic heterocycles. The third-order valence-corrected chi connectivity index (χ3v) is 6.92. The summed E-state index contributed by atoms with van der Waals surface area (Å²) in [6.07, 6.45) is 4.06. The van der Waals surface area contributed by atoms with E-state index in [2.05, 4.69) is 50.9 Å². The predicted molar refractivity (Wildman–Crippen MR) is 132 cm³/mol. The normalized spacial score (nSPS) is 18.8. The van der Waals surface area contributed by atoms with Crippen LogP contribution in [0, 0.1) is 6.92 Å². The molecular weight excluding hydrogens is 420 g/mol. The number of amides is 2. The summed E-state index contributed by atoms with van der Waals surface area (Å²) < 4.78 is 5.69. The molecule has 6 heteroatoms. The molecule has 1 fully saturated rings. The lowest BCUT2D eigenvalue weighted by atomic mass is 9.88. The molecule has 0 aliphatic carbocycles.